The van der Waals surface area contributed by atoms with Gasteiger partial charge in [0.25, 0.3) is 0 Å². The number of nitrogens with zero attached hydrogens (tertiary/aromatic N) is 2. The monoisotopic (exact) mass is 395 g/mol. The molecule has 0 aromatic heterocycles. The Morgan fingerprint density at radius 3 is 2.38 bits per heavy atom. The van der Waals surface area contributed by atoms with Crippen molar-refractivity contribution < 1.29 is 18.3 Å². The van der Waals surface area contributed by atoms with Crippen LogP contribution in [0.25, 0.3) is 0 Å². The van der Waals surface area contributed by atoms with Crippen LogP contribution in [0.3, 0.4) is 0 Å². The van der Waals surface area contributed by atoms with Gasteiger partial charge in [-0.05, 0) is 48.5 Å². The molecule has 3 rings (SSSR count). The van der Waals surface area contributed by atoms with Gasteiger partial charge < -0.3 is 14.7 Å². The molecule has 1 unspecified atom stereocenters. The first-order valence-corrected chi connectivity index (χ1v) is 9.62. The second-order valence-electron chi connectivity index (χ2n) is 5.98. The van der Waals surface area contributed by atoms with Gasteiger partial charge in [-0.3, -0.25) is 0 Å². The summed E-state index contributed by atoms with van der Waals surface area (Å²) in [5.74, 6) is 0.532. The zero-order chi connectivity index (χ0) is 18.9. The Kier molecular flexibility index (Phi) is 5.05. The van der Waals surface area contributed by atoms with Crippen LogP contribution in [0.5, 0.6) is 0 Å². The molecule has 0 saturated carbocycles. The van der Waals surface area contributed by atoms with Crippen molar-refractivity contribution in [2.75, 3.05) is 25.2 Å². The highest BCUT2D eigenvalue weighted by Crippen LogP contribution is 2.29. The molecule has 26 heavy (non-hydrogen) atoms. The average Bonchev–Trinajstić information content (AvgIpc) is 2.93. The van der Waals surface area contributed by atoms with Crippen molar-refractivity contribution in [3.63, 3.8) is 0 Å². The number of hydrogen-bond acceptors (Lipinski definition) is 6. The van der Waals surface area contributed by atoms with E-state index in [1.807, 2.05) is 0 Å². The number of methoxy groups -OCH3 is 1. The van der Waals surface area contributed by atoms with Gasteiger partial charge in [-0.15, -0.1) is 0 Å². The first-order valence-electron chi connectivity index (χ1n) is 7.69. The summed E-state index contributed by atoms with van der Waals surface area (Å²) in [7, 11) is -2.29. The minimum atomic E-state index is -3.78. The summed E-state index contributed by atoms with van der Waals surface area (Å²) >= 11 is 5.95. The van der Waals surface area contributed by atoms with Crippen LogP contribution < -0.4 is 10.0 Å². The van der Waals surface area contributed by atoms with E-state index in [0.29, 0.717) is 16.5 Å². The van der Waals surface area contributed by atoms with Gasteiger partial charge in [0, 0.05) is 23.4 Å². The third kappa shape index (κ3) is 3.89. The molecule has 1 heterocycles. The maximum absolute atomic E-state index is 11.4. The van der Waals surface area contributed by atoms with Crippen LogP contribution in [0, 0.1) is 0 Å². The highest BCUT2D eigenvalue weighted by Gasteiger charge is 2.38. The Bertz CT molecular complexity index is 929. The van der Waals surface area contributed by atoms with Crippen LogP contribution >= 0.6 is 11.6 Å². The van der Waals surface area contributed by atoms with E-state index in [0.717, 1.165) is 5.56 Å². The van der Waals surface area contributed by atoms with E-state index >= 15 is 0 Å². The van der Waals surface area contributed by atoms with E-state index in [1.54, 1.807) is 41.3 Å². The highest BCUT2D eigenvalue weighted by molar-refractivity contribution is 7.89. The van der Waals surface area contributed by atoms with Crippen LogP contribution in [-0.2, 0) is 14.8 Å². The lowest BCUT2D eigenvalue weighted by Crippen LogP contribution is -2.39. The molecule has 0 amide bonds. The summed E-state index contributed by atoms with van der Waals surface area (Å²) < 4.78 is 28.0. The molecule has 7 nitrogen and oxygen atoms in total. The van der Waals surface area contributed by atoms with Crippen molar-refractivity contribution in [1.82, 2.24) is 0 Å². The van der Waals surface area contributed by atoms with Crippen LogP contribution in [0.2, 0.25) is 5.02 Å². The van der Waals surface area contributed by atoms with Gasteiger partial charge in [0.2, 0.25) is 10.0 Å². The molecule has 3 N–H and O–H groups in total. The van der Waals surface area contributed by atoms with E-state index in [4.69, 9.17) is 21.5 Å². The third-order valence-electron chi connectivity index (χ3n) is 3.94. The number of hydrogen-bond donors (Lipinski definition) is 2. The number of primary sulfonamides is 1. The molecule has 0 spiro atoms. The number of ether oxygens (including phenoxy) is 1. The standard InChI is InChI=1S/C17H18ClN3O4S/c1-25-11-17(22)10-21(14-6-8-15(9-7-14)26(19,23)24)16(20-17)12-2-4-13(18)5-3-12/h2-9,22H,10-11H2,1H3,(H2,19,23,24). The summed E-state index contributed by atoms with van der Waals surface area (Å²) in [5.41, 5.74) is 0.0116. The molecule has 1 aliphatic heterocycles. The lowest BCUT2D eigenvalue weighted by molar-refractivity contribution is -0.0111. The molecular weight excluding hydrogens is 378 g/mol. The Balaban J connectivity index is 2.01. The largest absolute Gasteiger partial charge is 0.380 e. The zero-order valence-electron chi connectivity index (χ0n) is 14.0. The van der Waals surface area contributed by atoms with E-state index < -0.39 is 15.7 Å². The number of rotatable bonds is 5. The van der Waals surface area contributed by atoms with Gasteiger partial charge >= 0.3 is 0 Å². The Morgan fingerprint density at radius 2 is 1.85 bits per heavy atom. The van der Waals surface area contributed by atoms with Crippen LogP contribution in [-0.4, -0.2) is 45.3 Å². The number of aliphatic imine (C=N–C) groups is 1. The van der Waals surface area contributed by atoms with E-state index in [1.165, 1.54) is 19.2 Å². The van der Waals surface area contributed by atoms with E-state index in [9.17, 15) is 13.5 Å². The molecule has 1 aliphatic rings. The molecular formula is C17H18ClN3O4S. The fourth-order valence-corrected chi connectivity index (χ4v) is 3.42. The average molecular weight is 396 g/mol. The van der Waals surface area contributed by atoms with E-state index in [2.05, 4.69) is 4.99 Å². The summed E-state index contributed by atoms with van der Waals surface area (Å²) in [4.78, 5) is 6.22. The normalized spacial score (nSPS) is 20.3. The minimum absolute atomic E-state index is 0.0116. The number of halogens is 1. The quantitative estimate of drug-likeness (QED) is 0.799. The molecule has 138 valence electrons. The number of amidine groups is 1. The molecule has 2 aromatic carbocycles. The highest BCUT2D eigenvalue weighted by atomic mass is 35.5. The van der Waals surface area contributed by atoms with Crippen molar-refractivity contribution in [2.24, 2.45) is 10.1 Å². The predicted octanol–water partition coefficient (Wildman–Crippen LogP) is 1.59. The minimum Gasteiger partial charge on any atom is -0.380 e. The second kappa shape index (κ2) is 6.98. The Morgan fingerprint density at radius 1 is 1.23 bits per heavy atom. The maximum atomic E-state index is 11.4. The number of aliphatic hydroxyl groups is 1. The summed E-state index contributed by atoms with van der Waals surface area (Å²) in [6, 6.07) is 13.1. The fourth-order valence-electron chi connectivity index (χ4n) is 2.78. The first-order chi connectivity index (χ1) is 12.2. The van der Waals surface area contributed by atoms with Gasteiger partial charge in [0.05, 0.1) is 18.0 Å². The zero-order valence-corrected chi connectivity index (χ0v) is 15.5. The number of nitrogens with two attached hydrogens (primary N) is 1. The lowest BCUT2D eigenvalue weighted by atomic mass is 10.1. The fraction of sp³-hybridized carbons (Fsp3) is 0.235. The predicted molar refractivity (Wildman–Crippen MR) is 100.0 cm³/mol. The maximum Gasteiger partial charge on any atom is 0.238 e. The molecule has 1 atom stereocenters. The van der Waals surface area contributed by atoms with Crippen molar-refractivity contribution in [2.45, 2.75) is 10.6 Å². The molecule has 0 saturated heterocycles. The van der Waals surface area contributed by atoms with Gasteiger partial charge in [-0.2, -0.15) is 0 Å². The smallest absolute Gasteiger partial charge is 0.238 e. The number of β-amino-alcohol motifs (C(OH)–C–C–N with tert-alkyl or cyclic N) is 1. The van der Waals surface area contributed by atoms with Crippen molar-refractivity contribution >= 4 is 33.1 Å². The SMILES string of the molecule is COCC1(O)CN(c2ccc(S(N)(=O)=O)cc2)C(c2ccc(Cl)cc2)=N1. The van der Waals surface area contributed by atoms with Gasteiger partial charge in [-0.1, -0.05) is 11.6 Å². The second-order valence-corrected chi connectivity index (χ2v) is 7.98. The lowest BCUT2D eigenvalue weighted by Gasteiger charge is -2.24. The summed E-state index contributed by atoms with van der Waals surface area (Å²) in [5, 5.41) is 16.4. The number of sulfonamides is 1. The van der Waals surface area contributed by atoms with Crippen molar-refractivity contribution in [3.8, 4) is 0 Å². The first kappa shape index (κ1) is 18.8. The topological polar surface area (TPSA) is 105 Å². The summed E-state index contributed by atoms with van der Waals surface area (Å²) in [6.07, 6.45) is 0. The molecule has 0 fully saturated rings. The molecule has 0 radical (unpaired) electrons. The molecule has 9 heteroatoms. The Hall–Kier alpha value is -1.97. The number of benzene rings is 2. The van der Waals surface area contributed by atoms with Gasteiger partial charge in [-0.25, -0.2) is 18.5 Å². The van der Waals surface area contributed by atoms with Crippen LogP contribution in [0.1, 0.15) is 5.56 Å². The van der Waals surface area contributed by atoms with Crippen molar-refractivity contribution in [1.29, 1.82) is 0 Å². The van der Waals surface area contributed by atoms with Gasteiger partial charge in [0.1, 0.15) is 5.84 Å². The Labute approximate surface area is 156 Å². The number of anilines is 1. The summed E-state index contributed by atoms with van der Waals surface area (Å²) in [6.45, 7) is 0.184. The molecule has 0 aliphatic carbocycles. The van der Waals surface area contributed by atoms with Crippen LogP contribution in [0.4, 0.5) is 5.69 Å². The van der Waals surface area contributed by atoms with Gasteiger partial charge in [0.15, 0.2) is 5.72 Å². The molecule has 2 aromatic rings. The van der Waals surface area contributed by atoms with Crippen molar-refractivity contribution in [3.05, 3.63) is 59.1 Å². The van der Waals surface area contributed by atoms with Crippen LogP contribution in [0.15, 0.2) is 58.4 Å². The van der Waals surface area contributed by atoms with E-state index in [-0.39, 0.29) is 18.0 Å². The molecule has 0 bridgehead atoms. The third-order valence-corrected chi connectivity index (χ3v) is 5.12.